The number of thioether (sulfide) groups is 1. The number of hydrogen-bond donors (Lipinski definition) is 2. The van der Waals surface area contributed by atoms with Gasteiger partial charge in [-0.1, -0.05) is 42.5 Å². The molecule has 0 saturated heterocycles. The van der Waals surface area contributed by atoms with E-state index in [9.17, 15) is 9.90 Å². The van der Waals surface area contributed by atoms with Gasteiger partial charge in [0.2, 0.25) is 0 Å². The molecule has 1 atom stereocenters. The number of benzene rings is 2. The molecule has 116 valence electrons. The Labute approximate surface area is 137 Å². The number of aliphatic carboxylic acids is 1. The summed E-state index contributed by atoms with van der Waals surface area (Å²) in [6.45, 7) is 0. The molecule has 1 unspecified atom stereocenters. The number of oxazole rings is 1. The van der Waals surface area contributed by atoms with Crippen LogP contribution in [0.25, 0.3) is 11.1 Å². The van der Waals surface area contributed by atoms with E-state index in [2.05, 4.69) is 4.98 Å². The Bertz CT molecular complexity index is 804. The lowest BCUT2D eigenvalue weighted by molar-refractivity contribution is -0.136. The van der Waals surface area contributed by atoms with E-state index >= 15 is 0 Å². The lowest BCUT2D eigenvalue weighted by atomic mass is 10.0. The third kappa shape index (κ3) is 3.37. The smallest absolute Gasteiger partial charge is 0.321 e. The van der Waals surface area contributed by atoms with Gasteiger partial charge in [-0.2, -0.15) is 0 Å². The Kier molecular flexibility index (Phi) is 4.34. The number of carbonyl (C=O) groups is 1. The van der Waals surface area contributed by atoms with E-state index in [1.807, 2.05) is 36.4 Å². The molecule has 2 aromatic carbocycles. The minimum Gasteiger partial charge on any atom is -0.480 e. The van der Waals surface area contributed by atoms with E-state index in [-0.39, 0.29) is 0 Å². The topological polar surface area (TPSA) is 89.4 Å². The second-order valence-electron chi connectivity index (χ2n) is 4.85. The van der Waals surface area contributed by atoms with Gasteiger partial charge < -0.3 is 15.3 Å². The van der Waals surface area contributed by atoms with Crippen molar-refractivity contribution in [3.05, 3.63) is 66.6 Å². The molecule has 0 saturated carbocycles. The molecule has 0 bridgehead atoms. The van der Waals surface area contributed by atoms with Gasteiger partial charge in [0.05, 0.1) is 6.20 Å². The van der Waals surface area contributed by atoms with Crippen molar-refractivity contribution in [2.75, 3.05) is 5.73 Å². The highest BCUT2D eigenvalue weighted by atomic mass is 32.2. The van der Waals surface area contributed by atoms with Crippen molar-refractivity contribution < 1.29 is 14.3 Å². The van der Waals surface area contributed by atoms with Crippen LogP contribution in [0.5, 0.6) is 0 Å². The van der Waals surface area contributed by atoms with Gasteiger partial charge in [0, 0.05) is 11.3 Å². The number of nitrogens with two attached hydrogens (primary N) is 1. The number of carboxylic acid groups (broad SMARTS) is 1. The van der Waals surface area contributed by atoms with E-state index < -0.39 is 11.2 Å². The lowest BCUT2D eigenvalue weighted by Crippen LogP contribution is -2.08. The molecule has 6 heteroatoms. The second kappa shape index (κ2) is 6.58. The monoisotopic (exact) mass is 326 g/mol. The molecule has 3 N–H and O–H groups in total. The molecule has 0 spiro atoms. The zero-order valence-corrected chi connectivity index (χ0v) is 12.9. The summed E-state index contributed by atoms with van der Waals surface area (Å²) in [5.74, 6) is -0.972. The molecule has 5 nitrogen and oxygen atoms in total. The first-order chi connectivity index (χ1) is 11.1. The van der Waals surface area contributed by atoms with Gasteiger partial charge >= 0.3 is 5.97 Å². The predicted molar refractivity (Wildman–Crippen MR) is 89.0 cm³/mol. The van der Waals surface area contributed by atoms with Crippen molar-refractivity contribution >= 4 is 23.4 Å². The number of nitrogens with zero attached hydrogens (tertiary/aromatic N) is 1. The highest BCUT2D eigenvalue weighted by Gasteiger charge is 2.24. The maximum absolute atomic E-state index is 11.6. The molecule has 23 heavy (non-hydrogen) atoms. The average molecular weight is 326 g/mol. The quantitative estimate of drug-likeness (QED) is 0.547. The molecule has 1 aromatic heterocycles. The summed E-state index contributed by atoms with van der Waals surface area (Å²) in [6.07, 6.45) is 2.89. The van der Waals surface area contributed by atoms with Crippen LogP contribution in [0.15, 0.2) is 70.6 Å². The number of hydrogen-bond acceptors (Lipinski definition) is 5. The summed E-state index contributed by atoms with van der Waals surface area (Å²) in [5.41, 5.74) is 9.12. The number of rotatable bonds is 5. The SMILES string of the molecule is Nc1cc(C(Sc2ncco2)C(=O)O)ccc1-c1ccccc1. The number of anilines is 1. The standard InChI is InChI=1S/C17H14N2O3S/c18-14-10-12(6-7-13(14)11-4-2-1-3-5-11)15(16(20)21)23-17-19-8-9-22-17/h1-10,15H,18H2,(H,20,21). The summed E-state index contributed by atoms with van der Waals surface area (Å²) in [7, 11) is 0. The van der Waals surface area contributed by atoms with Crippen LogP contribution in [-0.4, -0.2) is 16.1 Å². The molecule has 0 aliphatic rings. The average Bonchev–Trinajstić information content (AvgIpc) is 3.06. The van der Waals surface area contributed by atoms with Crippen LogP contribution in [0.2, 0.25) is 0 Å². The van der Waals surface area contributed by atoms with Gasteiger partial charge in [0.1, 0.15) is 11.5 Å². The third-order valence-corrected chi connectivity index (χ3v) is 4.43. The first kappa shape index (κ1) is 15.2. The molecule has 3 aromatic rings. The highest BCUT2D eigenvalue weighted by Crippen LogP contribution is 2.37. The largest absolute Gasteiger partial charge is 0.480 e. The fourth-order valence-electron chi connectivity index (χ4n) is 2.26. The molecular weight excluding hydrogens is 312 g/mol. The van der Waals surface area contributed by atoms with Gasteiger partial charge in [-0.3, -0.25) is 4.79 Å². The third-order valence-electron chi connectivity index (χ3n) is 3.32. The van der Waals surface area contributed by atoms with Crippen LogP contribution in [0.3, 0.4) is 0 Å². The molecule has 0 aliphatic heterocycles. The molecule has 0 amide bonds. The Hall–Kier alpha value is -2.73. The number of carboxylic acids is 1. The first-order valence-corrected chi connectivity index (χ1v) is 7.77. The summed E-state index contributed by atoms with van der Waals surface area (Å²) in [4.78, 5) is 15.5. The lowest BCUT2D eigenvalue weighted by Gasteiger charge is -2.13. The van der Waals surface area contributed by atoms with Crippen LogP contribution in [-0.2, 0) is 4.79 Å². The normalized spacial score (nSPS) is 12.0. The van der Waals surface area contributed by atoms with E-state index in [0.29, 0.717) is 16.5 Å². The van der Waals surface area contributed by atoms with Gasteiger partial charge in [-0.15, -0.1) is 0 Å². The van der Waals surface area contributed by atoms with Crippen LogP contribution < -0.4 is 5.73 Å². The summed E-state index contributed by atoms with van der Waals surface area (Å²) in [6, 6.07) is 15.0. The fraction of sp³-hybridized carbons (Fsp3) is 0.0588. The van der Waals surface area contributed by atoms with Crippen molar-refractivity contribution in [1.82, 2.24) is 4.98 Å². The maximum Gasteiger partial charge on any atom is 0.321 e. The zero-order valence-electron chi connectivity index (χ0n) is 12.0. The minimum atomic E-state index is -0.972. The van der Waals surface area contributed by atoms with Crippen LogP contribution in [0, 0.1) is 0 Å². The van der Waals surface area contributed by atoms with Crippen LogP contribution in [0.4, 0.5) is 5.69 Å². The van der Waals surface area contributed by atoms with E-state index in [1.54, 1.807) is 12.1 Å². The summed E-state index contributed by atoms with van der Waals surface area (Å²) >= 11 is 1.03. The summed E-state index contributed by atoms with van der Waals surface area (Å²) < 4.78 is 5.12. The van der Waals surface area contributed by atoms with Crippen molar-refractivity contribution in [3.63, 3.8) is 0 Å². The van der Waals surface area contributed by atoms with Gasteiger partial charge in [-0.25, -0.2) is 4.98 Å². The number of nitrogen functional groups attached to an aromatic ring is 1. The molecule has 0 radical (unpaired) electrons. The Balaban J connectivity index is 1.92. The molecule has 0 fully saturated rings. The van der Waals surface area contributed by atoms with E-state index in [1.165, 1.54) is 12.5 Å². The Morgan fingerprint density at radius 3 is 2.61 bits per heavy atom. The van der Waals surface area contributed by atoms with Crippen molar-refractivity contribution in [1.29, 1.82) is 0 Å². The maximum atomic E-state index is 11.6. The fourth-order valence-corrected chi connectivity index (χ4v) is 3.07. The first-order valence-electron chi connectivity index (χ1n) is 6.89. The van der Waals surface area contributed by atoms with Gasteiger partial charge in [0.15, 0.2) is 0 Å². The predicted octanol–water partition coefficient (Wildman–Crippen LogP) is 3.84. The summed E-state index contributed by atoms with van der Waals surface area (Å²) in [5, 5.41) is 8.95. The second-order valence-corrected chi connectivity index (χ2v) is 5.90. The van der Waals surface area contributed by atoms with Crippen molar-refractivity contribution in [2.24, 2.45) is 0 Å². The van der Waals surface area contributed by atoms with E-state index in [0.717, 1.165) is 22.9 Å². The zero-order chi connectivity index (χ0) is 16.2. The molecular formula is C17H14N2O3S. The highest BCUT2D eigenvalue weighted by molar-refractivity contribution is 8.00. The van der Waals surface area contributed by atoms with Gasteiger partial charge in [0.25, 0.3) is 5.22 Å². The molecule has 0 aliphatic carbocycles. The Morgan fingerprint density at radius 2 is 2.00 bits per heavy atom. The van der Waals surface area contributed by atoms with Crippen molar-refractivity contribution in [2.45, 2.75) is 10.5 Å². The minimum absolute atomic E-state index is 0.308. The Morgan fingerprint density at radius 1 is 1.22 bits per heavy atom. The van der Waals surface area contributed by atoms with E-state index in [4.69, 9.17) is 10.2 Å². The van der Waals surface area contributed by atoms with Crippen LogP contribution >= 0.6 is 11.8 Å². The number of aromatic nitrogens is 1. The molecule has 1 heterocycles. The van der Waals surface area contributed by atoms with Crippen LogP contribution in [0.1, 0.15) is 10.8 Å². The van der Waals surface area contributed by atoms with Gasteiger partial charge in [-0.05, 0) is 29.0 Å². The van der Waals surface area contributed by atoms with Crippen molar-refractivity contribution in [3.8, 4) is 11.1 Å². The molecule has 3 rings (SSSR count).